The Bertz CT molecular complexity index is 1340. The Morgan fingerprint density at radius 3 is 2.52 bits per heavy atom. The van der Waals surface area contributed by atoms with Crippen molar-refractivity contribution in [1.82, 2.24) is 24.3 Å². The minimum absolute atomic E-state index is 0.267. The number of ether oxygens (including phenoxy) is 2. The highest BCUT2D eigenvalue weighted by atomic mass is 32.2. The Hall–Kier alpha value is -3.44. The molecule has 0 unspecified atom stereocenters. The average molecular weight is 443 g/mol. The summed E-state index contributed by atoms with van der Waals surface area (Å²) in [5.74, 6) is -0.118. The zero-order valence-corrected chi connectivity index (χ0v) is 17.5. The van der Waals surface area contributed by atoms with Crippen molar-refractivity contribution in [2.45, 2.75) is 5.16 Å². The SMILES string of the molecule is COCCOc1nccn2c(-c3ccnc(S(C)(=O)=O)n3)c(-c3ccc(F)cc3)nc12. The van der Waals surface area contributed by atoms with E-state index < -0.39 is 9.84 Å². The molecule has 31 heavy (non-hydrogen) atoms. The predicted octanol–water partition coefficient (Wildman–Crippen LogP) is 2.42. The largest absolute Gasteiger partial charge is 0.473 e. The van der Waals surface area contributed by atoms with Gasteiger partial charge in [-0.2, -0.15) is 0 Å². The van der Waals surface area contributed by atoms with Crippen molar-refractivity contribution in [2.75, 3.05) is 26.6 Å². The summed E-state index contributed by atoms with van der Waals surface area (Å²) >= 11 is 0. The van der Waals surface area contributed by atoms with Crippen molar-refractivity contribution in [3.63, 3.8) is 0 Å². The average Bonchev–Trinajstić information content (AvgIpc) is 3.14. The van der Waals surface area contributed by atoms with E-state index >= 15 is 0 Å². The number of hydrogen-bond acceptors (Lipinski definition) is 8. The Morgan fingerprint density at radius 1 is 1.03 bits per heavy atom. The highest BCUT2D eigenvalue weighted by Crippen LogP contribution is 2.34. The Morgan fingerprint density at radius 2 is 1.81 bits per heavy atom. The van der Waals surface area contributed by atoms with Gasteiger partial charge in [0, 0.05) is 37.5 Å². The third-order valence-electron chi connectivity index (χ3n) is 4.36. The summed E-state index contributed by atoms with van der Waals surface area (Å²) in [4.78, 5) is 17.0. The number of benzene rings is 1. The second-order valence-corrected chi connectivity index (χ2v) is 8.49. The van der Waals surface area contributed by atoms with E-state index in [2.05, 4.69) is 19.9 Å². The molecule has 0 N–H and O–H groups in total. The number of fused-ring (bicyclic) bond motifs is 1. The highest BCUT2D eigenvalue weighted by molar-refractivity contribution is 7.90. The van der Waals surface area contributed by atoms with Gasteiger partial charge >= 0.3 is 0 Å². The van der Waals surface area contributed by atoms with E-state index in [1.54, 1.807) is 35.9 Å². The maximum Gasteiger partial charge on any atom is 0.258 e. The number of rotatable bonds is 7. The molecular weight excluding hydrogens is 425 g/mol. The molecule has 9 nitrogen and oxygen atoms in total. The van der Waals surface area contributed by atoms with Crippen LogP contribution < -0.4 is 4.74 Å². The molecule has 0 aliphatic heterocycles. The van der Waals surface area contributed by atoms with Crippen molar-refractivity contribution >= 4 is 15.5 Å². The van der Waals surface area contributed by atoms with Gasteiger partial charge in [0.05, 0.1) is 23.7 Å². The number of methoxy groups -OCH3 is 1. The number of hydrogen-bond donors (Lipinski definition) is 0. The Kier molecular flexibility index (Phi) is 5.61. The molecule has 0 fully saturated rings. The van der Waals surface area contributed by atoms with Gasteiger partial charge in [-0.15, -0.1) is 0 Å². The molecule has 0 amide bonds. The van der Waals surface area contributed by atoms with E-state index in [9.17, 15) is 12.8 Å². The maximum absolute atomic E-state index is 13.5. The first-order chi connectivity index (χ1) is 14.9. The lowest BCUT2D eigenvalue weighted by molar-refractivity contribution is 0.144. The standard InChI is InChI=1S/C20H18FN5O4S/c1-29-11-12-30-19-18-25-16(13-3-5-14(21)6-4-13)17(26(18)10-9-22-19)15-7-8-23-20(24-15)31(2,27)28/h3-10H,11-12H2,1-2H3. The molecule has 3 heterocycles. The molecule has 0 radical (unpaired) electrons. The summed E-state index contributed by atoms with van der Waals surface area (Å²) in [5, 5.41) is -0.310. The van der Waals surface area contributed by atoms with Crippen LogP contribution in [0.15, 0.2) is 54.1 Å². The Balaban J connectivity index is 1.97. The van der Waals surface area contributed by atoms with Gasteiger partial charge in [0.1, 0.15) is 12.4 Å². The van der Waals surface area contributed by atoms with Crippen molar-refractivity contribution in [3.05, 3.63) is 54.7 Å². The van der Waals surface area contributed by atoms with Crippen LogP contribution in [0.4, 0.5) is 4.39 Å². The fraction of sp³-hybridized carbons (Fsp3) is 0.200. The van der Waals surface area contributed by atoms with Crippen LogP contribution in [0.3, 0.4) is 0 Å². The summed E-state index contributed by atoms with van der Waals surface area (Å²) in [6, 6.07) is 7.38. The second kappa shape index (κ2) is 8.36. The normalized spacial score (nSPS) is 11.7. The van der Waals surface area contributed by atoms with Gasteiger partial charge in [-0.3, -0.25) is 4.40 Å². The zero-order chi connectivity index (χ0) is 22.0. The molecule has 0 aliphatic rings. The minimum atomic E-state index is -3.63. The molecule has 4 aromatic rings. The lowest BCUT2D eigenvalue weighted by Gasteiger charge is -2.07. The first-order valence-corrected chi connectivity index (χ1v) is 11.1. The number of aromatic nitrogens is 5. The van der Waals surface area contributed by atoms with Crippen LogP contribution in [-0.4, -0.2) is 59.3 Å². The van der Waals surface area contributed by atoms with E-state index in [4.69, 9.17) is 9.47 Å². The van der Waals surface area contributed by atoms with Crippen LogP contribution in [0.1, 0.15) is 0 Å². The number of halogens is 1. The fourth-order valence-corrected chi connectivity index (χ4v) is 3.50. The number of imidazole rings is 1. The lowest BCUT2D eigenvalue weighted by atomic mass is 10.1. The highest BCUT2D eigenvalue weighted by Gasteiger charge is 2.22. The van der Waals surface area contributed by atoms with Crippen molar-refractivity contribution in [2.24, 2.45) is 0 Å². The maximum atomic E-state index is 13.5. The van der Waals surface area contributed by atoms with Crippen LogP contribution in [0.5, 0.6) is 5.88 Å². The smallest absolute Gasteiger partial charge is 0.258 e. The molecule has 0 saturated carbocycles. The van der Waals surface area contributed by atoms with Gasteiger partial charge in [-0.25, -0.2) is 32.7 Å². The molecule has 4 rings (SSSR count). The topological polar surface area (TPSA) is 109 Å². The third kappa shape index (κ3) is 4.23. The number of sulfone groups is 1. The van der Waals surface area contributed by atoms with Gasteiger partial charge in [0.25, 0.3) is 5.88 Å². The van der Waals surface area contributed by atoms with Crippen molar-refractivity contribution in [3.8, 4) is 28.5 Å². The van der Waals surface area contributed by atoms with Crippen LogP contribution in [-0.2, 0) is 14.6 Å². The second-order valence-electron chi connectivity index (χ2n) is 6.58. The molecule has 0 saturated heterocycles. The minimum Gasteiger partial charge on any atom is -0.473 e. The van der Waals surface area contributed by atoms with Gasteiger partial charge in [-0.05, 0) is 30.3 Å². The first kappa shape index (κ1) is 20.8. The molecule has 0 atom stereocenters. The Labute approximate surface area is 177 Å². The molecule has 1 aromatic carbocycles. The van der Waals surface area contributed by atoms with Crippen molar-refractivity contribution < 1.29 is 22.3 Å². The summed E-state index contributed by atoms with van der Waals surface area (Å²) in [7, 11) is -2.07. The van der Waals surface area contributed by atoms with E-state index in [1.807, 2.05) is 0 Å². The zero-order valence-electron chi connectivity index (χ0n) is 16.7. The molecule has 11 heteroatoms. The van der Waals surface area contributed by atoms with E-state index in [0.29, 0.717) is 34.9 Å². The lowest BCUT2D eigenvalue weighted by Crippen LogP contribution is -2.07. The summed E-state index contributed by atoms with van der Waals surface area (Å²) in [5.41, 5.74) is 2.29. The number of nitrogens with zero attached hydrogens (tertiary/aromatic N) is 5. The summed E-state index contributed by atoms with van der Waals surface area (Å²) in [6.07, 6.45) is 5.60. The molecule has 0 bridgehead atoms. The monoisotopic (exact) mass is 443 g/mol. The summed E-state index contributed by atoms with van der Waals surface area (Å²) in [6.45, 7) is 0.633. The molecule has 3 aromatic heterocycles. The van der Waals surface area contributed by atoms with Gasteiger partial charge in [-0.1, -0.05) is 0 Å². The quantitative estimate of drug-likeness (QED) is 0.317. The van der Waals surface area contributed by atoms with Crippen LogP contribution in [0.25, 0.3) is 28.3 Å². The van der Waals surface area contributed by atoms with Gasteiger partial charge < -0.3 is 9.47 Å². The third-order valence-corrected chi connectivity index (χ3v) is 5.22. The van der Waals surface area contributed by atoms with Gasteiger partial charge in [0.2, 0.25) is 20.6 Å². The molecular formula is C20H18FN5O4S. The summed E-state index contributed by atoms with van der Waals surface area (Å²) < 4.78 is 49.9. The van der Waals surface area contributed by atoms with Crippen LogP contribution in [0, 0.1) is 5.82 Å². The molecule has 160 valence electrons. The van der Waals surface area contributed by atoms with Crippen LogP contribution in [0.2, 0.25) is 0 Å². The fourth-order valence-electron chi connectivity index (χ4n) is 2.98. The van der Waals surface area contributed by atoms with E-state index in [1.165, 1.54) is 24.5 Å². The van der Waals surface area contributed by atoms with Gasteiger partial charge in [0.15, 0.2) is 0 Å². The van der Waals surface area contributed by atoms with Crippen molar-refractivity contribution in [1.29, 1.82) is 0 Å². The van der Waals surface area contributed by atoms with E-state index in [0.717, 1.165) is 6.26 Å². The molecule has 0 aliphatic carbocycles. The predicted molar refractivity (Wildman–Crippen MR) is 110 cm³/mol. The van der Waals surface area contributed by atoms with E-state index in [-0.39, 0.29) is 23.5 Å². The first-order valence-electron chi connectivity index (χ1n) is 9.16. The molecule has 0 spiro atoms. The van der Waals surface area contributed by atoms with Crippen LogP contribution >= 0.6 is 0 Å².